The van der Waals surface area contributed by atoms with Crippen molar-refractivity contribution in [1.29, 1.82) is 0 Å². The topological polar surface area (TPSA) is 17.1 Å². The van der Waals surface area contributed by atoms with Crippen LogP contribution in [0.1, 0.15) is 80.2 Å². The van der Waals surface area contributed by atoms with Gasteiger partial charge in [0.2, 0.25) is 0 Å². The van der Waals surface area contributed by atoms with E-state index < -0.39 is 0 Å². The third kappa shape index (κ3) is 1.99. The summed E-state index contributed by atoms with van der Waals surface area (Å²) in [4.78, 5) is 14.9. The number of fused-ring (bicyclic) bond motifs is 3. The van der Waals surface area contributed by atoms with Gasteiger partial charge in [-0.1, -0.05) is 34.6 Å². The molecule has 0 amide bonds. The fourth-order valence-corrected chi connectivity index (χ4v) is 5.35. The molecule has 1 heterocycles. The summed E-state index contributed by atoms with van der Waals surface area (Å²) in [7, 11) is 0. The van der Waals surface area contributed by atoms with Crippen molar-refractivity contribution < 1.29 is 4.79 Å². The number of carbonyl (C=O) groups excluding carboxylic acids is 1. The molecule has 1 fully saturated rings. The smallest absolute Gasteiger partial charge is 0.133 e. The van der Waals surface area contributed by atoms with Crippen molar-refractivity contribution in [3.05, 3.63) is 20.9 Å². The minimum absolute atomic E-state index is 0.241. The summed E-state index contributed by atoms with van der Waals surface area (Å²) in [5, 5.41) is 0. The third-order valence-corrected chi connectivity index (χ3v) is 6.60. The van der Waals surface area contributed by atoms with Crippen LogP contribution in [0.3, 0.4) is 0 Å². The van der Waals surface area contributed by atoms with E-state index in [0.29, 0.717) is 23.5 Å². The molecule has 3 rings (SSSR count). The van der Waals surface area contributed by atoms with Crippen LogP contribution >= 0.6 is 11.3 Å². The maximum absolute atomic E-state index is 11.8. The van der Waals surface area contributed by atoms with Gasteiger partial charge in [0.15, 0.2) is 0 Å². The van der Waals surface area contributed by atoms with Gasteiger partial charge in [-0.25, -0.2) is 0 Å². The highest BCUT2D eigenvalue weighted by atomic mass is 32.1. The second kappa shape index (κ2) is 4.18. The average molecular weight is 276 g/mol. The summed E-state index contributed by atoms with van der Waals surface area (Å²) < 4.78 is 0. The zero-order valence-electron chi connectivity index (χ0n) is 12.7. The van der Waals surface area contributed by atoms with Gasteiger partial charge in [-0.3, -0.25) is 4.79 Å². The van der Waals surface area contributed by atoms with Crippen LogP contribution in [0.15, 0.2) is 0 Å². The number of thiophene rings is 1. The van der Waals surface area contributed by atoms with E-state index in [-0.39, 0.29) is 5.41 Å². The monoisotopic (exact) mass is 276 g/mol. The molecule has 1 saturated carbocycles. The van der Waals surface area contributed by atoms with E-state index in [1.54, 1.807) is 20.9 Å². The Labute approximate surface area is 120 Å². The fraction of sp³-hybridized carbons (Fsp3) is 0.706. The second-order valence-electron chi connectivity index (χ2n) is 7.61. The third-order valence-electron chi connectivity index (χ3n) is 4.63. The summed E-state index contributed by atoms with van der Waals surface area (Å²) in [6.07, 6.45) is 2.78. The Kier molecular flexibility index (Phi) is 2.94. The molecule has 2 aliphatic carbocycles. The van der Waals surface area contributed by atoms with Gasteiger partial charge in [0.05, 0.1) is 0 Å². The first-order valence-electron chi connectivity index (χ1n) is 7.46. The SMILES string of the molecule is CC(C)c1sc(C(C)(C)C)c2c1C1CC(=O)CC1C2. The molecule has 2 atom stereocenters. The van der Waals surface area contributed by atoms with Gasteiger partial charge in [0.1, 0.15) is 5.78 Å². The lowest BCUT2D eigenvalue weighted by Crippen LogP contribution is -2.11. The maximum atomic E-state index is 11.8. The molecule has 2 aliphatic rings. The largest absolute Gasteiger partial charge is 0.300 e. The summed E-state index contributed by atoms with van der Waals surface area (Å²) in [6.45, 7) is 11.6. The molecule has 0 saturated heterocycles. The van der Waals surface area contributed by atoms with Gasteiger partial charge in [0.25, 0.3) is 0 Å². The van der Waals surface area contributed by atoms with E-state index in [0.717, 1.165) is 19.3 Å². The molecule has 0 radical (unpaired) electrons. The predicted octanol–water partition coefficient (Wildman–Crippen LogP) is 4.79. The van der Waals surface area contributed by atoms with Crippen LogP contribution in [0.5, 0.6) is 0 Å². The summed E-state index contributed by atoms with van der Waals surface area (Å²) >= 11 is 2.02. The van der Waals surface area contributed by atoms with Crippen LogP contribution in [0, 0.1) is 5.92 Å². The van der Waals surface area contributed by atoms with Gasteiger partial charge >= 0.3 is 0 Å². The highest BCUT2D eigenvalue weighted by Gasteiger charge is 2.45. The second-order valence-corrected chi connectivity index (χ2v) is 8.66. The van der Waals surface area contributed by atoms with Crippen LogP contribution in [0.25, 0.3) is 0 Å². The Balaban J connectivity index is 2.14. The first kappa shape index (κ1) is 13.4. The van der Waals surface area contributed by atoms with Crippen LogP contribution in [0.4, 0.5) is 0 Å². The van der Waals surface area contributed by atoms with Gasteiger partial charge in [0, 0.05) is 22.6 Å². The molecular weight excluding hydrogens is 252 g/mol. The van der Waals surface area contributed by atoms with Gasteiger partial charge in [-0.15, -0.1) is 11.3 Å². The number of ketones is 1. The highest BCUT2D eigenvalue weighted by molar-refractivity contribution is 7.12. The molecule has 0 aromatic carbocycles. The highest BCUT2D eigenvalue weighted by Crippen LogP contribution is 2.55. The number of rotatable bonds is 1. The van der Waals surface area contributed by atoms with E-state index in [4.69, 9.17) is 0 Å². The van der Waals surface area contributed by atoms with Gasteiger partial charge < -0.3 is 0 Å². The Hall–Kier alpha value is -0.630. The first-order chi connectivity index (χ1) is 8.79. The van der Waals surface area contributed by atoms with E-state index >= 15 is 0 Å². The molecule has 0 N–H and O–H groups in total. The lowest BCUT2D eigenvalue weighted by atomic mass is 9.89. The van der Waals surface area contributed by atoms with Crippen molar-refractivity contribution in [2.45, 2.75) is 71.1 Å². The zero-order chi connectivity index (χ0) is 13.9. The van der Waals surface area contributed by atoms with Crippen molar-refractivity contribution in [3.63, 3.8) is 0 Å². The maximum Gasteiger partial charge on any atom is 0.133 e. The van der Waals surface area contributed by atoms with Crippen molar-refractivity contribution in [1.82, 2.24) is 0 Å². The first-order valence-corrected chi connectivity index (χ1v) is 8.28. The lowest BCUT2D eigenvalue weighted by Gasteiger charge is -2.19. The Morgan fingerprint density at radius 2 is 1.84 bits per heavy atom. The summed E-state index contributed by atoms with van der Waals surface area (Å²) in [5.74, 6) is 2.24. The minimum Gasteiger partial charge on any atom is -0.300 e. The van der Waals surface area contributed by atoms with Crippen LogP contribution in [0.2, 0.25) is 0 Å². The van der Waals surface area contributed by atoms with Gasteiger partial charge in [-0.05, 0) is 40.7 Å². The Morgan fingerprint density at radius 1 is 1.16 bits per heavy atom. The summed E-state index contributed by atoms with van der Waals surface area (Å²) in [5.41, 5.74) is 3.44. The van der Waals surface area contributed by atoms with Gasteiger partial charge in [-0.2, -0.15) is 0 Å². The normalized spacial score (nSPS) is 26.1. The van der Waals surface area contributed by atoms with Crippen molar-refractivity contribution in [3.8, 4) is 0 Å². The number of Topliss-reactive ketones (excluding diaryl/α,β-unsaturated/α-hetero) is 1. The number of carbonyl (C=O) groups is 1. The van der Waals surface area contributed by atoms with Crippen LogP contribution in [-0.4, -0.2) is 5.78 Å². The molecular formula is C17H24OS. The molecule has 2 heteroatoms. The Bertz CT molecular complexity index is 530. The molecule has 2 unspecified atom stereocenters. The molecule has 0 spiro atoms. The summed E-state index contributed by atoms with van der Waals surface area (Å²) in [6, 6.07) is 0. The number of hydrogen-bond acceptors (Lipinski definition) is 2. The van der Waals surface area contributed by atoms with Crippen molar-refractivity contribution in [2.24, 2.45) is 5.92 Å². The predicted molar refractivity (Wildman–Crippen MR) is 81.3 cm³/mol. The van der Waals surface area contributed by atoms with E-state index in [1.807, 2.05) is 11.3 Å². The van der Waals surface area contributed by atoms with Crippen LogP contribution in [-0.2, 0) is 16.6 Å². The molecule has 104 valence electrons. The lowest BCUT2D eigenvalue weighted by molar-refractivity contribution is -0.117. The molecule has 1 aromatic heterocycles. The molecule has 0 aliphatic heterocycles. The van der Waals surface area contributed by atoms with Crippen molar-refractivity contribution >= 4 is 17.1 Å². The number of hydrogen-bond donors (Lipinski definition) is 0. The molecule has 0 bridgehead atoms. The molecule has 19 heavy (non-hydrogen) atoms. The quantitative estimate of drug-likeness (QED) is 0.721. The average Bonchev–Trinajstić information content (AvgIpc) is 2.84. The Morgan fingerprint density at radius 3 is 2.42 bits per heavy atom. The minimum atomic E-state index is 0.241. The zero-order valence-corrected chi connectivity index (χ0v) is 13.5. The molecule has 1 aromatic rings. The van der Waals surface area contributed by atoms with E-state index in [9.17, 15) is 4.79 Å². The van der Waals surface area contributed by atoms with Crippen molar-refractivity contribution in [2.75, 3.05) is 0 Å². The fourth-order valence-electron chi connectivity index (χ4n) is 3.89. The van der Waals surface area contributed by atoms with Crippen LogP contribution < -0.4 is 0 Å². The standard InChI is InChI=1S/C17H24OS/c1-9(2)15-14-12-8-11(18)6-10(12)7-13(14)16(19-15)17(3,4)5/h9-10,12H,6-8H2,1-5H3. The molecule has 1 nitrogen and oxygen atoms in total. The van der Waals surface area contributed by atoms with E-state index in [1.165, 1.54) is 0 Å². The van der Waals surface area contributed by atoms with E-state index in [2.05, 4.69) is 34.6 Å².